The molecule has 1 saturated heterocycles. The highest BCUT2D eigenvalue weighted by molar-refractivity contribution is 5.77. The lowest BCUT2D eigenvalue weighted by atomic mass is 9.96. The number of aliphatic carboxylic acids is 1. The number of nitrogens with one attached hydrogen (secondary N) is 1. The van der Waals surface area contributed by atoms with Crippen LogP contribution in [0.1, 0.15) is 0 Å². The Labute approximate surface area is 140 Å². The lowest BCUT2D eigenvalue weighted by molar-refractivity contribution is -0.187. The molecular weight excluding hydrogens is 348 g/mol. The topological polar surface area (TPSA) is 78.9 Å². The quantitative estimate of drug-likeness (QED) is 0.620. The van der Waals surface area contributed by atoms with Gasteiger partial charge in [0.15, 0.2) is 0 Å². The molecule has 138 valence electrons. The van der Waals surface area contributed by atoms with Gasteiger partial charge in [0.05, 0.1) is 18.4 Å². The molecule has 6 nitrogen and oxygen atoms in total. The van der Waals surface area contributed by atoms with Gasteiger partial charge in [-0.25, -0.2) is 9.18 Å². The second-order valence-electron chi connectivity index (χ2n) is 5.53. The van der Waals surface area contributed by atoms with Crippen molar-refractivity contribution >= 4 is 12.0 Å². The molecule has 2 atom stereocenters. The summed E-state index contributed by atoms with van der Waals surface area (Å²) in [6, 6.07) is 4.38. The van der Waals surface area contributed by atoms with Crippen molar-refractivity contribution in [2.45, 2.75) is 6.18 Å². The van der Waals surface area contributed by atoms with Gasteiger partial charge < -0.3 is 20.1 Å². The lowest BCUT2D eigenvalue weighted by Crippen LogP contribution is -2.41. The summed E-state index contributed by atoms with van der Waals surface area (Å²) in [5, 5.41) is 11.3. The molecule has 2 N–H and O–H groups in total. The normalized spacial score (nSPS) is 20.4. The third-order valence-corrected chi connectivity index (χ3v) is 3.81. The second-order valence-corrected chi connectivity index (χ2v) is 5.53. The molecule has 1 fully saturated rings. The van der Waals surface area contributed by atoms with Crippen LogP contribution in [0.15, 0.2) is 24.3 Å². The maximum absolute atomic E-state index is 12.9. The van der Waals surface area contributed by atoms with Crippen LogP contribution in [-0.4, -0.2) is 54.4 Å². The van der Waals surface area contributed by atoms with Gasteiger partial charge in [-0.1, -0.05) is 0 Å². The first-order valence-corrected chi connectivity index (χ1v) is 7.39. The molecule has 2 amide bonds. The van der Waals surface area contributed by atoms with Gasteiger partial charge in [0.25, 0.3) is 0 Å². The van der Waals surface area contributed by atoms with E-state index in [1.165, 1.54) is 24.3 Å². The van der Waals surface area contributed by atoms with Gasteiger partial charge in [0, 0.05) is 13.1 Å². The van der Waals surface area contributed by atoms with Crippen molar-refractivity contribution in [3.8, 4) is 5.75 Å². The smallest absolute Gasteiger partial charge is 0.394 e. The van der Waals surface area contributed by atoms with Crippen molar-refractivity contribution in [1.29, 1.82) is 0 Å². The minimum atomic E-state index is -4.69. The number of alkyl halides is 3. The third kappa shape index (κ3) is 4.97. The molecule has 10 heteroatoms. The molecule has 0 aliphatic carbocycles. The average molecular weight is 364 g/mol. The number of carbonyl (C=O) groups excluding carboxylic acids is 1. The fourth-order valence-electron chi connectivity index (χ4n) is 2.52. The third-order valence-electron chi connectivity index (χ3n) is 3.81. The minimum absolute atomic E-state index is 0.00112. The van der Waals surface area contributed by atoms with Crippen LogP contribution in [0.4, 0.5) is 22.4 Å². The summed E-state index contributed by atoms with van der Waals surface area (Å²) in [5.41, 5.74) is 0. The Balaban J connectivity index is 1.80. The lowest BCUT2D eigenvalue weighted by Gasteiger charge is -2.18. The van der Waals surface area contributed by atoms with Crippen LogP contribution in [0.2, 0.25) is 0 Å². The molecule has 1 aliphatic heterocycles. The number of urea groups is 1. The Morgan fingerprint density at radius 1 is 1.24 bits per heavy atom. The van der Waals surface area contributed by atoms with Crippen molar-refractivity contribution in [2.75, 3.05) is 26.2 Å². The zero-order chi connectivity index (χ0) is 18.6. The van der Waals surface area contributed by atoms with Gasteiger partial charge in [-0.15, -0.1) is 0 Å². The van der Waals surface area contributed by atoms with E-state index >= 15 is 0 Å². The van der Waals surface area contributed by atoms with E-state index in [9.17, 15) is 27.2 Å². The van der Waals surface area contributed by atoms with E-state index in [0.717, 1.165) is 4.90 Å². The molecule has 1 aliphatic rings. The number of carbonyl (C=O) groups is 2. The van der Waals surface area contributed by atoms with Crippen LogP contribution in [-0.2, 0) is 4.79 Å². The molecular formula is C15H16F4N2O4. The SMILES string of the molecule is O=C(O)[C@@H]1CN(C(=O)NCCOc2ccc(F)cc2)C[C@H]1C(F)(F)F. The van der Waals surface area contributed by atoms with Crippen molar-refractivity contribution in [3.05, 3.63) is 30.1 Å². The number of ether oxygens (including phenoxy) is 1. The molecule has 1 aromatic carbocycles. The molecule has 0 bridgehead atoms. The van der Waals surface area contributed by atoms with Crippen molar-refractivity contribution in [2.24, 2.45) is 11.8 Å². The number of carboxylic acids is 1. The largest absolute Gasteiger partial charge is 0.492 e. The molecule has 0 radical (unpaired) electrons. The van der Waals surface area contributed by atoms with Crippen molar-refractivity contribution in [1.82, 2.24) is 10.2 Å². The summed E-state index contributed by atoms with van der Waals surface area (Å²) in [4.78, 5) is 23.7. The summed E-state index contributed by atoms with van der Waals surface area (Å²) in [5.74, 6) is -5.41. The number of nitrogens with zero attached hydrogens (tertiary/aromatic N) is 1. The first kappa shape index (κ1) is 18.8. The average Bonchev–Trinajstić information content (AvgIpc) is 2.99. The van der Waals surface area contributed by atoms with E-state index in [1.807, 2.05) is 0 Å². The molecule has 0 spiro atoms. The molecule has 0 aromatic heterocycles. The van der Waals surface area contributed by atoms with E-state index in [4.69, 9.17) is 9.84 Å². The Bertz CT molecular complexity index is 621. The second kappa shape index (κ2) is 7.58. The first-order chi connectivity index (χ1) is 11.7. The highest BCUT2D eigenvalue weighted by Crippen LogP contribution is 2.37. The highest BCUT2D eigenvalue weighted by Gasteiger charge is 2.53. The monoisotopic (exact) mass is 364 g/mol. The van der Waals surface area contributed by atoms with Gasteiger partial charge in [-0.3, -0.25) is 4.79 Å². The van der Waals surface area contributed by atoms with Gasteiger partial charge in [0.2, 0.25) is 0 Å². The van der Waals surface area contributed by atoms with Crippen molar-refractivity contribution in [3.63, 3.8) is 0 Å². The van der Waals surface area contributed by atoms with Gasteiger partial charge in [-0.2, -0.15) is 13.2 Å². The number of hydrogen-bond acceptors (Lipinski definition) is 3. The van der Waals surface area contributed by atoms with Crippen LogP contribution >= 0.6 is 0 Å². The van der Waals surface area contributed by atoms with Crippen LogP contribution in [0.25, 0.3) is 0 Å². The Hall–Kier alpha value is -2.52. The van der Waals surface area contributed by atoms with E-state index < -0.39 is 48.9 Å². The predicted octanol–water partition coefficient (Wildman–Crippen LogP) is 2.11. The molecule has 0 saturated carbocycles. The molecule has 0 unspecified atom stereocenters. The molecule has 1 heterocycles. The van der Waals surface area contributed by atoms with Gasteiger partial charge in [-0.05, 0) is 24.3 Å². The van der Waals surface area contributed by atoms with Gasteiger partial charge in [0.1, 0.15) is 18.2 Å². The number of hydrogen-bond donors (Lipinski definition) is 2. The van der Waals surface area contributed by atoms with Crippen molar-refractivity contribution < 1.29 is 37.0 Å². The Kier molecular flexibility index (Phi) is 5.70. The zero-order valence-electron chi connectivity index (χ0n) is 12.9. The maximum Gasteiger partial charge on any atom is 0.394 e. The Morgan fingerprint density at radius 2 is 1.88 bits per heavy atom. The number of benzene rings is 1. The summed E-state index contributed by atoms with van der Waals surface area (Å²) < 4.78 is 56.5. The number of rotatable bonds is 5. The van der Waals surface area contributed by atoms with E-state index in [1.54, 1.807) is 0 Å². The molecule has 25 heavy (non-hydrogen) atoms. The number of likely N-dealkylation sites (tertiary alicyclic amines) is 1. The van der Waals surface area contributed by atoms with E-state index in [-0.39, 0.29) is 13.2 Å². The van der Waals surface area contributed by atoms with E-state index in [2.05, 4.69) is 5.32 Å². The van der Waals surface area contributed by atoms with E-state index in [0.29, 0.717) is 5.75 Å². The first-order valence-electron chi connectivity index (χ1n) is 7.39. The van der Waals surface area contributed by atoms with Crippen LogP contribution in [0.3, 0.4) is 0 Å². The standard InChI is InChI=1S/C15H16F4N2O4/c16-9-1-3-10(4-2-9)25-6-5-20-14(24)21-7-11(13(22)23)12(8-21)15(17,18)19/h1-4,11-12H,5-8H2,(H,20,24)(H,22,23)/t11-,12-/m1/s1. The summed E-state index contributed by atoms with van der Waals surface area (Å²) in [6.45, 7) is -1.19. The summed E-state index contributed by atoms with van der Waals surface area (Å²) in [6.07, 6.45) is -4.69. The summed E-state index contributed by atoms with van der Waals surface area (Å²) >= 11 is 0. The molecule has 1 aromatic rings. The zero-order valence-corrected chi connectivity index (χ0v) is 12.9. The molecule has 2 rings (SSSR count). The predicted molar refractivity (Wildman–Crippen MR) is 77.5 cm³/mol. The maximum atomic E-state index is 12.9. The number of carboxylic acid groups (broad SMARTS) is 1. The van der Waals surface area contributed by atoms with Gasteiger partial charge >= 0.3 is 18.2 Å². The number of halogens is 4. The Morgan fingerprint density at radius 3 is 2.40 bits per heavy atom. The van der Waals surface area contributed by atoms with Crippen LogP contribution in [0, 0.1) is 17.7 Å². The fraction of sp³-hybridized carbons (Fsp3) is 0.467. The fourth-order valence-corrected chi connectivity index (χ4v) is 2.52. The summed E-state index contributed by atoms with van der Waals surface area (Å²) in [7, 11) is 0. The van der Waals surface area contributed by atoms with Crippen LogP contribution in [0.5, 0.6) is 5.75 Å². The minimum Gasteiger partial charge on any atom is -0.492 e. The highest BCUT2D eigenvalue weighted by atomic mass is 19.4. The van der Waals surface area contributed by atoms with Crippen LogP contribution < -0.4 is 10.1 Å². The number of amides is 2.